The number of carbonyl (C=O) groups excluding carboxylic acids is 1. The summed E-state index contributed by atoms with van der Waals surface area (Å²) in [6.07, 6.45) is 1.58. The van der Waals surface area contributed by atoms with Crippen molar-refractivity contribution in [2.75, 3.05) is 5.73 Å². The Kier molecular flexibility index (Phi) is 3.33. The van der Waals surface area contributed by atoms with E-state index in [1.54, 1.807) is 12.3 Å². The fourth-order valence-corrected chi connectivity index (χ4v) is 1.54. The van der Waals surface area contributed by atoms with Gasteiger partial charge in [-0.25, -0.2) is 9.37 Å². The quantitative estimate of drug-likeness (QED) is 0.884. The third-order valence-electron chi connectivity index (χ3n) is 2.44. The Morgan fingerprint density at radius 1 is 1.37 bits per heavy atom. The van der Waals surface area contributed by atoms with Crippen molar-refractivity contribution in [2.24, 2.45) is 5.73 Å². The van der Waals surface area contributed by atoms with Crippen LogP contribution in [-0.4, -0.2) is 10.9 Å². The first-order valence-corrected chi connectivity index (χ1v) is 5.46. The van der Waals surface area contributed by atoms with Crippen LogP contribution in [0.15, 0.2) is 30.5 Å². The summed E-state index contributed by atoms with van der Waals surface area (Å²) in [6.45, 7) is 1.84. The Hall–Kier alpha value is -2.63. The second-order valence-electron chi connectivity index (χ2n) is 4.02. The molecule has 1 aromatic carbocycles. The van der Waals surface area contributed by atoms with Crippen LogP contribution < -0.4 is 16.2 Å². The number of aromatic nitrogens is 1. The van der Waals surface area contributed by atoms with Gasteiger partial charge in [-0.1, -0.05) is 0 Å². The Morgan fingerprint density at radius 2 is 2.11 bits per heavy atom. The Bertz CT molecular complexity index is 644. The van der Waals surface area contributed by atoms with Crippen LogP contribution in [0.2, 0.25) is 0 Å². The molecule has 4 N–H and O–H groups in total. The molecule has 6 heteroatoms. The van der Waals surface area contributed by atoms with Crippen LogP contribution in [0.3, 0.4) is 0 Å². The van der Waals surface area contributed by atoms with Crippen molar-refractivity contribution in [1.29, 1.82) is 0 Å². The second-order valence-corrected chi connectivity index (χ2v) is 4.02. The molecule has 0 aliphatic rings. The highest BCUT2D eigenvalue weighted by Gasteiger charge is 2.11. The van der Waals surface area contributed by atoms with E-state index in [0.29, 0.717) is 5.69 Å². The number of hydrogen-bond donors (Lipinski definition) is 2. The molecular weight excluding hydrogens is 249 g/mol. The van der Waals surface area contributed by atoms with E-state index in [9.17, 15) is 9.18 Å². The highest BCUT2D eigenvalue weighted by atomic mass is 19.1. The zero-order valence-corrected chi connectivity index (χ0v) is 10.2. The summed E-state index contributed by atoms with van der Waals surface area (Å²) < 4.78 is 18.9. The van der Waals surface area contributed by atoms with E-state index in [4.69, 9.17) is 16.2 Å². The number of nitrogen functional groups attached to an aromatic ring is 1. The zero-order chi connectivity index (χ0) is 14.0. The molecule has 1 amide bonds. The monoisotopic (exact) mass is 261 g/mol. The van der Waals surface area contributed by atoms with Crippen molar-refractivity contribution in [3.8, 4) is 11.6 Å². The lowest BCUT2D eigenvalue weighted by atomic mass is 10.2. The van der Waals surface area contributed by atoms with E-state index in [1.165, 1.54) is 12.1 Å². The van der Waals surface area contributed by atoms with Crippen molar-refractivity contribution in [2.45, 2.75) is 6.92 Å². The lowest BCUT2D eigenvalue weighted by Crippen LogP contribution is -2.12. The van der Waals surface area contributed by atoms with Gasteiger partial charge in [0.05, 0.1) is 11.3 Å². The van der Waals surface area contributed by atoms with Crippen molar-refractivity contribution in [1.82, 2.24) is 4.98 Å². The summed E-state index contributed by atoms with van der Waals surface area (Å²) in [5, 5.41) is 0. The molecule has 0 spiro atoms. The first-order valence-electron chi connectivity index (χ1n) is 5.46. The fourth-order valence-electron chi connectivity index (χ4n) is 1.54. The zero-order valence-electron chi connectivity index (χ0n) is 10.2. The van der Waals surface area contributed by atoms with Gasteiger partial charge in [-0.05, 0) is 30.7 Å². The van der Waals surface area contributed by atoms with Crippen LogP contribution in [0.1, 0.15) is 15.9 Å². The number of carbonyl (C=O) groups is 1. The van der Waals surface area contributed by atoms with Crippen LogP contribution >= 0.6 is 0 Å². The van der Waals surface area contributed by atoms with E-state index >= 15 is 0 Å². The van der Waals surface area contributed by atoms with Gasteiger partial charge in [0.1, 0.15) is 11.6 Å². The van der Waals surface area contributed by atoms with Gasteiger partial charge in [-0.2, -0.15) is 0 Å². The number of anilines is 1. The Balaban J connectivity index is 2.29. The molecule has 5 nitrogen and oxygen atoms in total. The van der Waals surface area contributed by atoms with Crippen LogP contribution in [0.5, 0.6) is 11.6 Å². The van der Waals surface area contributed by atoms with Gasteiger partial charge in [0, 0.05) is 12.3 Å². The topological polar surface area (TPSA) is 91.2 Å². The smallest absolute Gasteiger partial charge is 0.251 e. The average Bonchev–Trinajstić information content (AvgIpc) is 2.32. The minimum absolute atomic E-state index is 0.178. The predicted octanol–water partition coefficient (Wildman–Crippen LogP) is 2.00. The number of rotatable bonds is 3. The SMILES string of the molecule is Cc1cnc(Oc2ccc(C(N)=O)c(F)c2)c(N)c1. The molecule has 0 saturated carbocycles. The molecule has 0 radical (unpaired) electrons. The van der Waals surface area contributed by atoms with Gasteiger partial charge in [0.25, 0.3) is 5.91 Å². The molecule has 98 valence electrons. The van der Waals surface area contributed by atoms with Crippen molar-refractivity contribution >= 4 is 11.6 Å². The van der Waals surface area contributed by atoms with Crippen LogP contribution in [0.25, 0.3) is 0 Å². The average molecular weight is 261 g/mol. The summed E-state index contributed by atoms with van der Waals surface area (Å²) in [7, 11) is 0. The molecule has 1 heterocycles. The summed E-state index contributed by atoms with van der Waals surface area (Å²) in [5.41, 5.74) is 11.8. The van der Waals surface area contributed by atoms with Crippen molar-refractivity contribution in [3.05, 3.63) is 47.4 Å². The van der Waals surface area contributed by atoms with Crippen LogP contribution in [0.4, 0.5) is 10.1 Å². The highest BCUT2D eigenvalue weighted by molar-refractivity contribution is 5.93. The maximum atomic E-state index is 13.5. The molecular formula is C13H12FN3O2. The standard InChI is InChI=1S/C13H12FN3O2/c1-7-4-11(15)13(17-6-7)19-8-2-3-9(12(16)18)10(14)5-8/h2-6H,15H2,1H3,(H2,16,18). The molecule has 2 rings (SSSR count). The number of ether oxygens (including phenoxy) is 1. The largest absolute Gasteiger partial charge is 0.437 e. The third-order valence-corrected chi connectivity index (χ3v) is 2.44. The Morgan fingerprint density at radius 3 is 2.68 bits per heavy atom. The molecule has 0 aliphatic heterocycles. The number of halogens is 1. The van der Waals surface area contributed by atoms with Gasteiger partial charge in [-0.15, -0.1) is 0 Å². The number of hydrogen-bond acceptors (Lipinski definition) is 4. The molecule has 0 bridgehead atoms. The third kappa shape index (κ3) is 2.79. The number of nitrogens with zero attached hydrogens (tertiary/aromatic N) is 1. The van der Waals surface area contributed by atoms with Gasteiger partial charge >= 0.3 is 0 Å². The van der Waals surface area contributed by atoms with E-state index in [-0.39, 0.29) is 17.2 Å². The molecule has 0 atom stereocenters. The van der Waals surface area contributed by atoms with E-state index in [2.05, 4.69) is 4.98 Å². The lowest BCUT2D eigenvalue weighted by Gasteiger charge is -2.08. The Labute approximate surface area is 109 Å². The molecule has 0 aliphatic carbocycles. The normalized spacial score (nSPS) is 10.2. The number of aryl methyl sites for hydroxylation is 1. The summed E-state index contributed by atoms with van der Waals surface area (Å²) in [6, 6.07) is 5.42. The maximum Gasteiger partial charge on any atom is 0.251 e. The van der Waals surface area contributed by atoms with Crippen LogP contribution in [-0.2, 0) is 0 Å². The number of primary amides is 1. The molecule has 1 aromatic heterocycles. The lowest BCUT2D eigenvalue weighted by molar-refractivity contribution is 0.0996. The highest BCUT2D eigenvalue weighted by Crippen LogP contribution is 2.26. The first-order chi connectivity index (χ1) is 8.97. The second kappa shape index (κ2) is 4.93. The fraction of sp³-hybridized carbons (Fsp3) is 0.0769. The van der Waals surface area contributed by atoms with Gasteiger partial charge in [0.2, 0.25) is 5.88 Å². The molecule has 19 heavy (non-hydrogen) atoms. The molecule has 0 saturated heterocycles. The van der Waals surface area contributed by atoms with Gasteiger partial charge in [-0.3, -0.25) is 4.79 Å². The maximum absolute atomic E-state index is 13.5. The predicted molar refractivity (Wildman–Crippen MR) is 68.4 cm³/mol. The van der Waals surface area contributed by atoms with E-state index in [1.807, 2.05) is 6.92 Å². The minimum Gasteiger partial charge on any atom is -0.437 e. The number of amides is 1. The summed E-state index contributed by atoms with van der Waals surface area (Å²) in [4.78, 5) is 14.9. The summed E-state index contributed by atoms with van der Waals surface area (Å²) in [5.74, 6) is -1.23. The first kappa shape index (κ1) is 12.8. The molecule has 0 fully saturated rings. The van der Waals surface area contributed by atoms with Gasteiger partial charge < -0.3 is 16.2 Å². The number of pyridine rings is 1. The number of nitrogens with two attached hydrogens (primary N) is 2. The van der Waals surface area contributed by atoms with Crippen molar-refractivity contribution < 1.29 is 13.9 Å². The van der Waals surface area contributed by atoms with E-state index < -0.39 is 11.7 Å². The minimum atomic E-state index is -0.836. The summed E-state index contributed by atoms with van der Waals surface area (Å²) >= 11 is 0. The van der Waals surface area contributed by atoms with Gasteiger partial charge in [0.15, 0.2) is 0 Å². The molecule has 2 aromatic rings. The van der Waals surface area contributed by atoms with E-state index in [0.717, 1.165) is 11.6 Å². The molecule has 0 unspecified atom stereocenters. The van der Waals surface area contributed by atoms with Crippen LogP contribution in [0, 0.1) is 12.7 Å². The van der Waals surface area contributed by atoms with Crippen molar-refractivity contribution in [3.63, 3.8) is 0 Å². The number of benzene rings is 1.